The minimum Gasteiger partial charge on any atom is -0.323 e. The number of carbonyl (C=O) groups is 3. The fraction of sp³-hybridized carbons (Fsp3) is 0.211. The van der Waals surface area contributed by atoms with Gasteiger partial charge in [-0.05, 0) is 48.9 Å². The van der Waals surface area contributed by atoms with Crippen LogP contribution in [-0.2, 0) is 14.4 Å². The molecule has 2 aromatic carbocycles. The molecule has 29 heavy (non-hydrogen) atoms. The topological polar surface area (TPSA) is 94.4 Å². The Labute approximate surface area is 169 Å². The van der Waals surface area contributed by atoms with Crippen molar-refractivity contribution in [2.24, 2.45) is 10.3 Å². The van der Waals surface area contributed by atoms with E-state index in [2.05, 4.69) is 15.7 Å². The predicted octanol–water partition coefficient (Wildman–Crippen LogP) is 2.72. The summed E-state index contributed by atoms with van der Waals surface area (Å²) in [4.78, 5) is 38.8. The van der Waals surface area contributed by atoms with Crippen LogP contribution in [-0.4, -0.2) is 41.4 Å². The number of fused-ring (bicyclic) bond motifs is 1. The highest BCUT2D eigenvalue weighted by atomic mass is 35.5. The van der Waals surface area contributed by atoms with E-state index in [4.69, 9.17) is 11.6 Å². The second kappa shape index (κ2) is 7.25. The summed E-state index contributed by atoms with van der Waals surface area (Å²) in [6, 6.07) is 8.10. The van der Waals surface area contributed by atoms with Crippen LogP contribution in [0.25, 0.3) is 0 Å². The molecule has 3 amide bonds. The first-order valence-electron chi connectivity index (χ1n) is 8.72. The Kier molecular flexibility index (Phi) is 4.75. The lowest BCUT2D eigenvalue weighted by molar-refractivity contribution is -0.123. The highest BCUT2D eigenvalue weighted by Gasteiger charge is 2.55. The molecule has 8 nitrogen and oxygen atoms in total. The van der Waals surface area contributed by atoms with Crippen molar-refractivity contribution in [2.75, 3.05) is 16.8 Å². The number of rotatable bonds is 4. The van der Waals surface area contributed by atoms with Crippen molar-refractivity contribution in [3.8, 4) is 0 Å². The molecule has 0 radical (unpaired) electrons. The van der Waals surface area contributed by atoms with Crippen molar-refractivity contribution in [2.45, 2.75) is 19.0 Å². The highest BCUT2D eigenvalue weighted by molar-refractivity contribution is 6.33. The lowest BCUT2D eigenvalue weighted by atomic mass is 10.1. The number of imide groups is 1. The number of nitrogens with zero attached hydrogens (tertiary/aromatic N) is 4. The average molecular weight is 416 g/mol. The standard InChI is InChI=1S/C19H15ClFN5O3/c1-10-2-7-14(13(20)8-10)22-15(27)9-25-17-16(23-24-25)18(28)26(19(17)29)12-5-3-11(21)4-6-12/h2-8,16-17H,9H2,1H3,(H,22,27). The van der Waals surface area contributed by atoms with Gasteiger partial charge in [0, 0.05) is 0 Å². The van der Waals surface area contributed by atoms with Crippen LogP contribution in [0, 0.1) is 12.7 Å². The highest BCUT2D eigenvalue weighted by Crippen LogP contribution is 2.32. The van der Waals surface area contributed by atoms with Crippen LogP contribution >= 0.6 is 11.6 Å². The maximum Gasteiger partial charge on any atom is 0.263 e. The van der Waals surface area contributed by atoms with E-state index in [1.54, 1.807) is 18.2 Å². The summed E-state index contributed by atoms with van der Waals surface area (Å²) < 4.78 is 13.1. The quantitative estimate of drug-likeness (QED) is 0.777. The zero-order valence-electron chi connectivity index (χ0n) is 15.2. The predicted molar refractivity (Wildman–Crippen MR) is 103 cm³/mol. The van der Waals surface area contributed by atoms with Gasteiger partial charge < -0.3 is 5.32 Å². The number of carbonyl (C=O) groups excluding carboxylic acids is 3. The summed E-state index contributed by atoms with van der Waals surface area (Å²) in [6.45, 7) is 1.59. The molecule has 1 saturated heterocycles. The van der Waals surface area contributed by atoms with E-state index in [-0.39, 0.29) is 12.2 Å². The molecule has 148 valence electrons. The molecule has 1 fully saturated rings. The van der Waals surface area contributed by atoms with Gasteiger partial charge in [0.15, 0.2) is 12.1 Å². The smallest absolute Gasteiger partial charge is 0.263 e. The molecule has 4 rings (SSSR count). The molecule has 0 bridgehead atoms. The van der Waals surface area contributed by atoms with E-state index < -0.39 is 35.6 Å². The molecule has 2 atom stereocenters. The summed E-state index contributed by atoms with van der Waals surface area (Å²) in [5.74, 6) is -2.09. The van der Waals surface area contributed by atoms with Gasteiger partial charge in [0.25, 0.3) is 11.8 Å². The van der Waals surface area contributed by atoms with Crippen molar-refractivity contribution in [1.29, 1.82) is 0 Å². The number of hydrogen-bond acceptors (Lipinski definition) is 6. The van der Waals surface area contributed by atoms with Crippen LogP contribution in [0.5, 0.6) is 0 Å². The van der Waals surface area contributed by atoms with Gasteiger partial charge in [0.1, 0.15) is 12.4 Å². The Balaban J connectivity index is 1.49. The second-order valence-electron chi connectivity index (χ2n) is 6.71. The molecule has 0 saturated carbocycles. The van der Waals surface area contributed by atoms with Gasteiger partial charge in [0.2, 0.25) is 5.91 Å². The Morgan fingerprint density at radius 2 is 1.90 bits per heavy atom. The number of amides is 3. The van der Waals surface area contributed by atoms with Gasteiger partial charge in [-0.3, -0.25) is 19.4 Å². The van der Waals surface area contributed by atoms with Crippen LogP contribution in [0.1, 0.15) is 5.56 Å². The van der Waals surface area contributed by atoms with E-state index in [1.165, 1.54) is 17.1 Å². The van der Waals surface area contributed by atoms with Crippen LogP contribution in [0.15, 0.2) is 52.8 Å². The molecule has 0 spiro atoms. The number of nitrogens with one attached hydrogen (secondary N) is 1. The molecule has 2 aliphatic rings. The maximum atomic E-state index is 13.1. The molecule has 10 heteroatoms. The van der Waals surface area contributed by atoms with E-state index in [9.17, 15) is 18.8 Å². The minimum absolute atomic E-state index is 0.238. The SMILES string of the molecule is Cc1ccc(NC(=O)CN2N=NC3C(=O)N(c4ccc(F)cc4)C(=O)C32)c(Cl)c1. The Morgan fingerprint density at radius 3 is 2.59 bits per heavy atom. The molecular weight excluding hydrogens is 401 g/mol. The van der Waals surface area contributed by atoms with Crippen molar-refractivity contribution >= 4 is 40.7 Å². The number of benzene rings is 2. The number of aryl methyl sites for hydroxylation is 1. The summed E-state index contributed by atoms with van der Waals surface area (Å²) in [5, 5.41) is 11.9. The lowest BCUT2D eigenvalue weighted by Crippen LogP contribution is -2.43. The van der Waals surface area contributed by atoms with Crippen molar-refractivity contribution in [3.63, 3.8) is 0 Å². The fourth-order valence-corrected chi connectivity index (χ4v) is 3.54. The summed E-state index contributed by atoms with van der Waals surface area (Å²) >= 11 is 6.12. The molecule has 0 aromatic heterocycles. The number of anilines is 2. The zero-order chi connectivity index (χ0) is 20.7. The molecule has 2 unspecified atom stereocenters. The first-order chi connectivity index (χ1) is 13.8. The van der Waals surface area contributed by atoms with Crippen LogP contribution in [0.3, 0.4) is 0 Å². The number of halogens is 2. The molecule has 0 aliphatic carbocycles. The van der Waals surface area contributed by atoms with Crippen molar-refractivity contribution < 1.29 is 18.8 Å². The summed E-state index contributed by atoms with van der Waals surface area (Å²) in [5.41, 5.74) is 1.61. The van der Waals surface area contributed by atoms with Crippen LogP contribution < -0.4 is 10.2 Å². The maximum absolute atomic E-state index is 13.1. The third-order valence-electron chi connectivity index (χ3n) is 4.65. The van der Waals surface area contributed by atoms with Crippen LogP contribution in [0.4, 0.5) is 15.8 Å². The fourth-order valence-electron chi connectivity index (χ4n) is 3.26. The molecule has 1 N–H and O–H groups in total. The first-order valence-corrected chi connectivity index (χ1v) is 9.10. The molecule has 2 aromatic rings. The zero-order valence-corrected chi connectivity index (χ0v) is 15.9. The van der Waals surface area contributed by atoms with E-state index >= 15 is 0 Å². The summed E-state index contributed by atoms with van der Waals surface area (Å²) in [6.07, 6.45) is 0. The van der Waals surface area contributed by atoms with Gasteiger partial charge in [0.05, 0.1) is 16.4 Å². The Morgan fingerprint density at radius 1 is 1.17 bits per heavy atom. The molecule has 2 aliphatic heterocycles. The Hall–Kier alpha value is -3.33. The minimum atomic E-state index is -1.04. The van der Waals surface area contributed by atoms with Crippen LogP contribution in [0.2, 0.25) is 5.02 Å². The molecule has 2 heterocycles. The Bertz CT molecular complexity index is 1040. The van der Waals surface area contributed by atoms with Gasteiger partial charge in [-0.15, -0.1) is 0 Å². The second-order valence-corrected chi connectivity index (χ2v) is 7.12. The van der Waals surface area contributed by atoms with E-state index in [1.807, 2.05) is 6.92 Å². The molecular formula is C19H15ClFN5O3. The third kappa shape index (κ3) is 3.44. The lowest BCUT2D eigenvalue weighted by Gasteiger charge is -2.20. The van der Waals surface area contributed by atoms with Gasteiger partial charge >= 0.3 is 0 Å². The monoisotopic (exact) mass is 415 g/mol. The van der Waals surface area contributed by atoms with Crippen molar-refractivity contribution in [1.82, 2.24) is 5.01 Å². The van der Waals surface area contributed by atoms with Gasteiger partial charge in [-0.2, -0.15) is 5.11 Å². The van der Waals surface area contributed by atoms with Crippen molar-refractivity contribution in [3.05, 3.63) is 58.9 Å². The first kappa shape index (κ1) is 19.0. The van der Waals surface area contributed by atoms with Gasteiger partial charge in [-0.1, -0.05) is 22.9 Å². The van der Waals surface area contributed by atoms with E-state index in [0.29, 0.717) is 10.7 Å². The van der Waals surface area contributed by atoms with Gasteiger partial charge in [-0.25, -0.2) is 9.29 Å². The normalized spacial score (nSPS) is 20.4. The third-order valence-corrected chi connectivity index (χ3v) is 4.96. The largest absolute Gasteiger partial charge is 0.323 e. The average Bonchev–Trinajstić information content (AvgIpc) is 3.19. The number of hydrogen-bond donors (Lipinski definition) is 1. The summed E-state index contributed by atoms with van der Waals surface area (Å²) in [7, 11) is 0. The van der Waals surface area contributed by atoms with E-state index in [0.717, 1.165) is 22.6 Å².